The molecule has 6 rings (SSSR count). The molecule has 3 aromatic rings. The zero-order chi connectivity index (χ0) is 31.5. The van der Waals surface area contributed by atoms with Gasteiger partial charge in [0.15, 0.2) is 0 Å². The molecule has 3 aromatic heterocycles. The van der Waals surface area contributed by atoms with E-state index in [9.17, 15) is 14.7 Å². The number of piperidine rings is 1. The van der Waals surface area contributed by atoms with Gasteiger partial charge in [0.2, 0.25) is 11.8 Å². The van der Waals surface area contributed by atoms with Crippen LogP contribution in [0.4, 0.5) is 11.5 Å². The van der Waals surface area contributed by atoms with E-state index in [0.717, 1.165) is 74.1 Å². The van der Waals surface area contributed by atoms with Gasteiger partial charge in [-0.3, -0.25) is 14.5 Å². The number of aliphatic carboxylic acids is 1. The third-order valence-corrected chi connectivity index (χ3v) is 9.23. The fourth-order valence-electron chi connectivity index (χ4n) is 6.43. The first kappa shape index (κ1) is 30.8. The number of nitrogens with zero attached hydrogens (tertiary/aromatic N) is 5. The SMILES string of the molecule is COc1cc(N2CCC(COc3cc(C(CC(=O)O)C4CC4)ccn3)CC2)c(C(=O)N(CC2CC2)c2cc(C)cc(C)n2)cn1. The first-order valence-electron chi connectivity index (χ1n) is 16.1. The van der Waals surface area contributed by atoms with E-state index >= 15 is 0 Å². The largest absolute Gasteiger partial charge is 0.481 e. The van der Waals surface area contributed by atoms with Crippen molar-refractivity contribution in [1.82, 2.24) is 15.0 Å². The minimum atomic E-state index is -0.771. The number of carbonyl (C=O) groups is 2. The number of hydrogen-bond donors (Lipinski definition) is 1. The summed E-state index contributed by atoms with van der Waals surface area (Å²) in [6.45, 7) is 6.71. The van der Waals surface area contributed by atoms with Gasteiger partial charge in [0.05, 0.1) is 31.4 Å². The van der Waals surface area contributed by atoms with E-state index in [1.165, 1.54) is 0 Å². The number of aromatic nitrogens is 3. The van der Waals surface area contributed by atoms with E-state index in [-0.39, 0.29) is 18.2 Å². The number of pyridine rings is 3. The molecule has 0 aromatic carbocycles. The van der Waals surface area contributed by atoms with Crippen LogP contribution in [0.1, 0.15) is 78.0 Å². The van der Waals surface area contributed by atoms with Crippen molar-refractivity contribution in [2.45, 2.75) is 64.7 Å². The lowest BCUT2D eigenvalue weighted by Gasteiger charge is -2.35. The number of hydrogen-bond acceptors (Lipinski definition) is 8. The van der Waals surface area contributed by atoms with Crippen molar-refractivity contribution in [3.63, 3.8) is 0 Å². The monoisotopic (exact) mass is 613 g/mol. The third-order valence-electron chi connectivity index (χ3n) is 9.23. The molecule has 10 heteroatoms. The molecule has 238 valence electrons. The average Bonchev–Trinajstić information content (AvgIpc) is 3.96. The summed E-state index contributed by atoms with van der Waals surface area (Å²) in [5, 5.41) is 9.40. The van der Waals surface area contributed by atoms with Crippen LogP contribution >= 0.6 is 0 Å². The molecule has 3 aliphatic rings. The summed E-state index contributed by atoms with van der Waals surface area (Å²) in [7, 11) is 1.59. The standard InChI is InChI=1S/C35H43N5O5/c1-22-14-23(2)38-31(15-22)40(20-24-4-5-24)35(43)29-19-37-32(44-3)18-30(29)39-12-9-25(10-13-39)21-45-33-16-27(8-11-36-33)28(17-34(41)42)26-6-7-26/h8,11,14-16,18-19,24-26,28H,4-7,9-10,12-13,17,20-21H2,1-3H3,(H,41,42). The van der Waals surface area contributed by atoms with Crippen LogP contribution in [0.2, 0.25) is 0 Å². The van der Waals surface area contributed by atoms with Gasteiger partial charge in [-0.2, -0.15) is 0 Å². The number of methoxy groups -OCH3 is 1. The maximum Gasteiger partial charge on any atom is 0.303 e. The Morgan fingerprint density at radius 2 is 1.78 bits per heavy atom. The number of carbonyl (C=O) groups excluding carboxylic acids is 1. The topological polar surface area (TPSA) is 118 Å². The highest BCUT2D eigenvalue weighted by Gasteiger charge is 2.35. The minimum absolute atomic E-state index is 0.0104. The molecule has 4 heterocycles. The molecular formula is C35H43N5O5. The Labute approximate surface area is 264 Å². The molecule has 1 unspecified atom stereocenters. The molecule has 1 atom stereocenters. The number of ether oxygens (including phenoxy) is 2. The third kappa shape index (κ3) is 7.72. The number of rotatable bonds is 13. The Kier molecular flexibility index (Phi) is 9.19. The van der Waals surface area contributed by atoms with E-state index in [1.54, 1.807) is 19.5 Å². The Bertz CT molecular complexity index is 1510. The van der Waals surface area contributed by atoms with Gasteiger partial charge in [0.25, 0.3) is 5.91 Å². The van der Waals surface area contributed by atoms with Crippen LogP contribution < -0.4 is 19.3 Å². The van der Waals surface area contributed by atoms with Crippen LogP contribution in [0.25, 0.3) is 0 Å². The van der Waals surface area contributed by atoms with Crippen LogP contribution in [0, 0.1) is 31.6 Å². The van der Waals surface area contributed by atoms with Gasteiger partial charge >= 0.3 is 5.97 Å². The van der Waals surface area contributed by atoms with Crippen LogP contribution in [0.5, 0.6) is 11.8 Å². The predicted octanol–water partition coefficient (Wildman–Crippen LogP) is 5.82. The molecule has 3 fully saturated rings. The fraction of sp³-hybridized carbons (Fsp3) is 0.514. The van der Waals surface area contributed by atoms with Crippen molar-refractivity contribution in [3.05, 3.63) is 65.1 Å². The highest BCUT2D eigenvalue weighted by atomic mass is 16.5. The predicted molar refractivity (Wildman–Crippen MR) is 171 cm³/mol. The van der Waals surface area contributed by atoms with Gasteiger partial charge < -0.3 is 19.5 Å². The Hall–Kier alpha value is -4.21. The van der Waals surface area contributed by atoms with Crippen LogP contribution in [-0.2, 0) is 4.79 Å². The summed E-state index contributed by atoms with van der Waals surface area (Å²) in [4.78, 5) is 43.3. The van der Waals surface area contributed by atoms with Crippen molar-refractivity contribution in [2.75, 3.05) is 43.2 Å². The molecule has 0 radical (unpaired) electrons. The fourth-order valence-corrected chi connectivity index (χ4v) is 6.43. The first-order valence-corrected chi connectivity index (χ1v) is 16.1. The van der Waals surface area contributed by atoms with Gasteiger partial charge in [0.1, 0.15) is 5.82 Å². The van der Waals surface area contributed by atoms with Gasteiger partial charge in [-0.25, -0.2) is 15.0 Å². The molecule has 10 nitrogen and oxygen atoms in total. The lowest BCUT2D eigenvalue weighted by Crippen LogP contribution is -2.39. The highest BCUT2D eigenvalue weighted by molar-refractivity contribution is 6.09. The van der Waals surface area contributed by atoms with Crippen molar-refractivity contribution >= 4 is 23.4 Å². The second-order valence-electron chi connectivity index (χ2n) is 13.0. The molecule has 45 heavy (non-hydrogen) atoms. The highest BCUT2D eigenvalue weighted by Crippen LogP contribution is 2.45. The zero-order valence-electron chi connectivity index (χ0n) is 26.4. The molecule has 2 saturated carbocycles. The summed E-state index contributed by atoms with van der Waals surface area (Å²) in [5.74, 6) is 2.12. The van der Waals surface area contributed by atoms with Crippen molar-refractivity contribution < 1.29 is 24.2 Å². The molecule has 1 N–H and O–H groups in total. The van der Waals surface area contributed by atoms with Crippen molar-refractivity contribution in [1.29, 1.82) is 0 Å². The smallest absolute Gasteiger partial charge is 0.303 e. The van der Waals surface area contributed by atoms with Crippen LogP contribution in [-0.4, -0.2) is 65.3 Å². The van der Waals surface area contributed by atoms with Gasteiger partial charge in [-0.15, -0.1) is 0 Å². The quantitative estimate of drug-likeness (QED) is 0.255. The number of aryl methyl sites for hydroxylation is 2. The zero-order valence-corrected chi connectivity index (χ0v) is 26.4. The molecule has 1 saturated heterocycles. The maximum atomic E-state index is 14.2. The molecule has 2 aliphatic carbocycles. The summed E-state index contributed by atoms with van der Waals surface area (Å²) >= 11 is 0. The first-order chi connectivity index (χ1) is 21.8. The number of anilines is 2. The van der Waals surface area contributed by atoms with Gasteiger partial charge in [0, 0.05) is 49.9 Å². The second-order valence-corrected chi connectivity index (χ2v) is 13.0. The number of carboxylic acid groups (broad SMARTS) is 1. The van der Waals surface area contributed by atoms with E-state index in [2.05, 4.69) is 14.9 Å². The van der Waals surface area contributed by atoms with Crippen LogP contribution in [0.15, 0.2) is 42.7 Å². The minimum Gasteiger partial charge on any atom is -0.481 e. The van der Waals surface area contributed by atoms with Crippen molar-refractivity contribution in [3.8, 4) is 11.8 Å². The molecule has 1 aliphatic heterocycles. The average molecular weight is 614 g/mol. The van der Waals surface area contributed by atoms with Gasteiger partial charge in [-0.05, 0) is 105 Å². The maximum absolute atomic E-state index is 14.2. The lowest BCUT2D eigenvalue weighted by atomic mass is 9.92. The number of amides is 1. The lowest BCUT2D eigenvalue weighted by molar-refractivity contribution is -0.137. The number of carboxylic acids is 1. The molecular weight excluding hydrogens is 570 g/mol. The summed E-state index contributed by atoms with van der Waals surface area (Å²) in [6.07, 6.45) is 9.70. The summed E-state index contributed by atoms with van der Waals surface area (Å²) in [5.41, 5.74) is 4.35. The molecule has 0 bridgehead atoms. The Balaban J connectivity index is 1.13. The summed E-state index contributed by atoms with van der Waals surface area (Å²) < 4.78 is 11.6. The van der Waals surface area contributed by atoms with E-state index < -0.39 is 5.97 Å². The Morgan fingerprint density at radius 1 is 1.00 bits per heavy atom. The van der Waals surface area contributed by atoms with E-state index in [1.807, 2.05) is 49.1 Å². The summed E-state index contributed by atoms with van der Waals surface area (Å²) in [6, 6.07) is 9.71. The van der Waals surface area contributed by atoms with E-state index in [4.69, 9.17) is 14.5 Å². The van der Waals surface area contributed by atoms with Crippen molar-refractivity contribution in [2.24, 2.45) is 17.8 Å². The van der Waals surface area contributed by atoms with Gasteiger partial charge in [-0.1, -0.05) is 0 Å². The molecule has 0 spiro atoms. The molecule has 1 amide bonds. The Morgan fingerprint density at radius 3 is 2.44 bits per heavy atom. The van der Waals surface area contributed by atoms with E-state index in [0.29, 0.717) is 54.0 Å². The normalized spacial score (nSPS) is 17.5. The second kappa shape index (κ2) is 13.4. The van der Waals surface area contributed by atoms with Crippen LogP contribution in [0.3, 0.4) is 0 Å².